The Morgan fingerprint density at radius 2 is 2.62 bits per heavy atom. The molecule has 5 nitrogen and oxygen atoms in total. The van der Waals surface area contributed by atoms with Crippen LogP contribution in [0.3, 0.4) is 0 Å². The normalized spacial score (nSPS) is 12.5. The van der Waals surface area contributed by atoms with Crippen LogP contribution in [0.5, 0.6) is 0 Å². The first-order valence-corrected chi connectivity index (χ1v) is 4.74. The van der Waals surface area contributed by atoms with Crippen LogP contribution in [0.25, 0.3) is 0 Å². The number of ether oxygens (including phenoxy) is 1. The average Bonchev–Trinajstić information content (AvgIpc) is 2.66. The van der Waals surface area contributed by atoms with Gasteiger partial charge in [-0.1, -0.05) is 28.0 Å². The molecule has 72 valence electrons. The number of halogens is 1. The van der Waals surface area contributed by atoms with Crippen LogP contribution in [-0.2, 0) is 4.74 Å². The second-order valence-corrected chi connectivity index (χ2v) is 3.69. The van der Waals surface area contributed by atoms with E-state index in [4.69, 9.17) is 4.74 Å². The SMILES string of the molecule is CCC(Br)COC(=O)c1cnon1. The highest BCUT2D eigenvalue weighted by atomic mass is 79.9. The van der Waals surface area contributed by atoms with Gasteiger partial charge in [-0.15, -0.1) is 0 Å². The molecule has 1 unspecified atom stereocenters. The minimum atomic E-state index is -0.515. The van der Waals surface area contributed by atoms with Crippen LogP contribution in [-0.4, -0.2) is 27.7 Å². The summed E-state index contributed by atoms with van der Waals surface area (Å²) >= 11 is 3.33. The highest BCUT2D eigenvalue weighted by Crippen LogP contribution is 2.05. The fourth-order valence-corrected chi connectivity index (χ4v) is 0.745. The molecule has 6 heteroatoms. The van der Waals surface area contributed by atoms with Gasteiger partial charge >= 0.3 is 5.97 Å². The first-order valence-electron chi connectivity index (χ1n) is 3.82. The van der Waals surface area contributed by atoms with Gasteiger partial charge in [0.15, 0.2) is 0 Å². The molecule has 0 fully saturated rings. The van der Waals surface area contributed by atoms with Crippen molar-refractivity contribution >= 4 is 21.9 Å². The number of hydrogen-bond acceptors (Lipinski definition) is 5. The molecule has 0 saturated carbocycles. The van der Waals surface area contributed by atoms with Crippen LogP contribution in [0, 0.1) is 0 Å². The first-order chi connectivity index (χ1) is 6.24. The lowest BCUT2D eigenvalue weighted by atomic mass is 10.3. The fourth-order valence-electron chi connectivity index (χ4n) is 0.612. The molecule has 1 heterocycles. The van der Waals surface area contributed by atoms with Crippen molar-refractivity contribution in [3.05, 3.63) is 11.9 Å². The van der Waals surface area contributed by atoms with Crippen molar-refractivity contribution in [1.82, 2.24) is 10.3 Å². The van der Waals surface area contributed by atoms with Gasteiger partial charge in [0.05, 0.1) is 0 Å². The van der Waals surface area contributed by atoms with E-state index in [2.05, 4.69) is 30.9 Å². The van der Waals surface area contributed by atoms with E-state index in [1.54, 1.807) is 0 Å². The van der Waals surface area contributed by atoms with Crippen molar-refractivity contribution in [3.8, 4) is 0 Å². The van der Waals surface area contributed by atoms with Gasteiger partial charge < -0.3 is 4.74 Å². The predicted molar refractivity (Wildman–Crippen MR) is 47.6 cm³/mol. The van der Waals surface area contributed by atoms with Crippen molar-refractivity contribution in [1.29, 1.82) is 0 Å². The molecular formula is C7H9BrN2O3. The molecule has 0 amide bonds. The van der Waals surface area contributed by atoms with E-state index < -0.39 is 5.97 Å². The third-order valence-electron chi connectivity index (χ3n) is 1.41. The summed E-state index contributed by atoms with van der Waals surface area (Å²) in [6.45, 7) is 2.31. The zero-order chi connectivity index (χ0) is 9.68. The second kappa shape index (κ2) is 4.96. The Morgan fingerprint density at radius 1 is 1.85 bits per heavy atom. The van der Waals surface area contributed by atoms with Gasteiger partial charge in [0, 0.05) is 4.83 Å². The Balaban J connectivity index is 2.35. The lowest BCUT2D eigenvalue weighted by Crippen LogP contribution is -2.13. The van der Waals surface area contributed by atoms with E-state index in [9.17, 15) is 4.79 Å². The van der Waals surface area contributed by atoms with Crippen LogP contribution in [0.1, 0.15) is 23.8 Å². The summed E-state index contributed by atoms with van der Waals surface area (Å²) in [4.78, 5) is 11.3. The number of esters is 1. The summed E-state index contributed by atoms with van der Waals surface area (Å²) in [5, 5.41) is 6.64. The summed E-state index contributed by atoms with van der Waals surface area (Å²) < 4.78 is 9.15. The Labute approximate surface area is 83.5 Å². The highest BCUT2D eigenvalue weighted by Gasteiger charge is 2.12. The summed E-state index contributed by atoms with van der Waals surface area (Å²) in [7, 11) is 0. The molecule has 0 aliphatic rings. The molecule has 1 aromatic heterocycles. The minimum absolute atomic E-state index is 0.0933. The van der Waals surface area contributed by atoms with E-state index in [0.717, 1.165) is 6.42 Å². The van der Waals surface area contributed by atoms with Crippen LogP contribution < -0.4 is 0 Å². The van der Waals surface area contributed by atoms with Gasteiger partial charge in [-0.3, -0.25) is 0 Å². The summed E-state index contributed by atoms with van der Waals surface area (Å²) in [5.41, 5.74) is 0.0933. The van der Waals surface area contributed by atoms with Crippen molar-refractivity contribution in [2.24, 2.45) is 0 Å². The van der Waals surface area contributed by atoms with Gasteiger partial charge in [0.1, 0.15) is 12.8 Å². The number of carbonyl (C=O) groups excluding carboxylic acids is 1. The van der Waals surface area contributed by atoms with E-state index in [0.29, 0.717) is 6.61 Å². The number of nitrogens with zero attached hydrogens (tertiary/aromatic N) is 2. The molecule has 1 atom stereocenters. The lowest BCUT2D eigenvalue weighted by molar-refractivity contribution is 0.0495. The van der Waals surface area contributed by atoms with Gasteiger partial charge in [0.25, 0.3) is 0 Å². The number of aromatic nitrogens is 2. The van der Waals surface area contributed by atoms with Crippen LogP contribution in [0.4, 0.5) is 0 Å². The zero-order valence-corrected chi connectivity index (χ0v) is 8.65. The number of carbonyl (C=O) groups is 1. The maximum absolute atomic E-state index is 11.1. The molecule has 13 heavy (non-hydrogen) atoms. The molecule has 0 saturated heterocycles. The summed E-state index contributed by atoms with van der Waals surface area (Å²) in [6.07, 6.45) is 2.11. The maximum atomic E-state index is 11.1. The van der Waals surface area contributed by atoms with E-state index in [1.807, 2.05) is 6.92 Å². The molecular weight excluding hydrogens is 240 g/mol. The second-order valence-electron chi connectivity index (χ2n) is 2.40. The van der Waals surface area contributed by atoms with Crippen LogP contribution in [0.2, 0.25) is 0 Å². The maximum Gasteiger partial charge on any atom is 0.362 e. The van der Waals surface area contributed by atoms with Crippen molar-refractivity contribution in [2.45, 2.75) is 18.2 Å². The largest absolute Gasteiger partial charge is 0.460 e. The van der Waals surface area contributed by atoms with E-state index in [-0.39, 0.29) is 10.5 Å². The lowest BCUT2D eigenvalue weighted by Gasteiger charge is -2.05. The summed E-state index contributed by atoms with van der Waals surface area (Å²) in [6, 6.07) is 0. The third kappa shape index (κ3) is 3.14. The minimum Gasteiger partial charge on any atom is -0.460 e. The van der Waals surface area contributed by atoms with Crippen molar-refractivity contribution in [2.75, 3.05) is 6.61 Å². The number of rotatable bonds is 4. The average molecular weight is 249 g/mol. The Bertz CT molecular complexity index is 263. The molecule has 0 aliphatic carbocycles. The van der Waals surface area contributed by atoms with Gasteiger partial charge in [-0.05, 0) is 11.6 Å². The Kier molecular flexibility index (Phi) is 3.88. The van der Waals surface area contributed by atoms with Gasteiger partial charge in [-0.2, -0.15) is 0 Å². The first kappa shape index (κ1) is 10.2. The van der Waals surface area contributed by atoms with Gasteiger partial charge in [-0.25, -0.2) is 9.42 Å². The monoisotopic (exact) mass is 248 g/mol. The molecule has 0 aromatic carbocycles. The quantitative estimate of drug-likeness (QED) is 0.596. The van der Waals surface area contributed by atoms with Crippen LogP contribution in [0.15, 0.2) is 10.8 Å². The summed E-state index contributed by atoms with van der Waals surface area (Å²) in [5.74, 6) is -0.515. The van der Waals surface area contributed by atoms with E-state index >= 15 is 0 Å². The molecule has 0 N–H and O–H groups in total. The Morgan fingerprint density at radius 3 is 3.15 bits per heavy atom. The molecule has 0 spiro atoms. The van der Waals surface area contributed by atoms with Crippen molar-refractivity contribution < 1.29 is 14.2 Å². The molecule has 0 bridgehead atoms. The molecule has 0 aliphatic heterocycles. The molecule has 1 aromatic rings. The van der Waals surface area contributed by atoms with Gasteiger partial charge in [0.2, 0.25) is 5.69 Å². The fraction of sp³-hybridized carbons (Fsp3) is 0.571. The topological polar surface area (TPSA) is 65.2 Å². The molecule has 1 rings (SSSR count). The number of alkyl halides is 1. The van der Waals surface area contributed by atoms with E-state index in [1.165, 1.54) is 6.20 Å². The van der Waals surface area contributed by atoms with Crippen LogP contribution >= 0.6 is 15.9 Å². The van der Waals surface area contributed by atoms with Crippen molar-refractivity contribution in [3.63, 3.8) is 0 Å². The zero-order valence-electron chi connectivity index (χ0n) is 7.07. The Hall–Kier alpha value is -0.910. The standard InChI is InChI=1S/C7H9BrN2O3/c1-2-5(8)4-12-7(11)6-3-9-13-10-6/h3,5H,2,4H2,1H3. The highest BCUT2D eigenvalue weighted by molar-refractivity contribution is 9.09. The number of hydrogen-bond donors (Lipinski definition) is 0. The third-order valence-corrected chi connectivity index (χ3v) is 2.32. The molecule has 0 radical (unpaired) electrons. The predicted octanol–water partition coefficient (Wildman–Crippen LogP) is 1.40. The smallest absolute Gasteiger partial charge is 0.362 e.